The molecule has 2 aromatic rings. The maximum Gasteiger partial charge on any atom is 0.407 e. The molecule has 22 heavy (non-hydrogen) atoms. The Hall–Kier alpha value is -1.56. The minimum Gasteiger partial charge on any atom is -0.446 e. The van der Waals surface area contributed by atoms with Crippen molar-refractivity contribution in [2.24, 2.45) is 0 Å². The molecule has 1 aliphatic carbocycles. The van der Waals surface area contributed by atoms with Crippen molar-refractivity contribution in [3.8, 4) is 0 Å². The number of fused-ring (bicyclic) bond motifs is 1. The maximum atomic E-state index is 11.7. The Labute approximate surface area is 138 Å². The second-order valence-electron chi connectivity index (χ2n) is 6.14. The number of carbonyl (C=O) groups is 1. The summed E-state index contributed by atoms with van der Waals surface area (Å²) in [5.74, 6) is 0.399. The van der Waals surface area contributed by atoms with Gasteiger partial charge in [0.05, 0.1) is 0 Å². The van der Waals surface area contributed by atoms with Crippen molar-refractivity contribution in [1.82, 2.24) is 15.3 Å². The van der Waals surface area contributed by atoms with Crippen molar-refractivity contribution < 1.29 is 9.53 Å². The summed E-state index contributed by atoms with van der Waals surface area (Å²) in [4.78, 5) is 19.3. The average molecular weight is 366 g/mol. The van der Waals surface area contributed by atoms with Crippen LogP contribution in [0.15, 0.2) is 22.9 Å². The van der Waals surface area contributed by atoms with Crippen LogP contribution in [0.5, 0.6) is 0 Å². The molecule has 0 spiro atoms. The number of ether oxygens (including phenoxy) is 1. The summed E-state index contributed by atoms with van der Waals surface area (Å²) in [6, 6.07) is 2.27. The lowest BCUT2D eigenvalue weighted by Gasteiger charge is -2.15. The summed E-state index contributed by atoms with van der Waals surface area (Å²) >= 11 is 3.53. The van der Waals surface area contributed by atoms with E-state index in [2.05, 4.69) is 37.3 Å². The maximum absolute atomic E-state index is 11.7. The second-order valence-corrected chi connectivity index (χ2v) is 6.99. The van der Waals surface area contributed by atoms with Gasteiger partial charge in [0.2, 0.25) is 0 Å². The van der Waals surface area contributed by atoms with Crippen LogP contribution in [0.4, 0.5) is 4.79 Å². The molecule has 1 amide bonds. The number of nitrogens with one attached hydrogen (secondary N) is 2. The van der Waals surface area contributed by atoms with Crippen LogP contribution in [0.1, 0.15) is 44.6 Å². The van der Waals surface area contributed by atoms with E-state index in [0.717, 1.165) is 34.8 Å². The summed E-state index contributed by atoms with van der Waals surface area (Å²) in [6.07, 6.45) is 6.29. The van der Waals surface area contributed by atoms with Gasteiger partial charge in [-0.1, -0.05) is 0 Å². The lowest BCUT2D eigenvalue weighted by Crippen LogP contribution is -2.33. The molecule has 2 N–H and O–H groups in total. The molecule has 2 heterocycles. The fraction of sp³-hybridized carbons (Fsp3) is 0.500. The summed E-state index contributed by atoms with van der Waals surface area (Å²) in [7, 11) is 0. The molecular formula is C16H20BrN3O2. The molecule has 0 aliphatic heterocycles. The predicted molar refractivity (Wildman–Crippen MR) is 88.9 cm³/mol. The van der Waals surface area contributed by atoms with E-state index >= 15 is 0 Å². The average Bonchev–Trinajstić information content (AvgIpc) is 3.05. The SMILES string of the molecule is CC(C)NC(=O)OC1CCC(c2cnc3[nH]cc(Br)c3c2)C1. The molecular weight excluding hydrogens is 346 g/mol. The van der Waals surface area contributed by atoms with Crippen molar-refractivity contribution >= 4 is 33.1 Å². The highest BCUT2D eigenvalue weighted by atomic mass is 79.9. The van der Waals surface area contributed by atoms with E-state index in [1.54, 1.807) is 0 Å². The van der Waals surface area contributed by atoms with Gasteiger partial charge in [-0.3, -0.25) is 0 Å². The monoisotopic (exact) mass is 365 g/mol. The Bertz CT molecular complexity index is 683. The first-order valence-corrected chi connectivity index (χ1v) is 8.42. The fourth-order valence-corrected chi connectivity index (χ4v) is 3.40. The number of aromatic nitrogens is 2. The zero-order chi connectivity index (χ0) is 15.7. The molecule has 118 valence electrons. The normalized spacial score (nSPS) is 21.5. The van der Waals surface area contributed by atoms with Crippen molar-refractivity contribution in [3.05, 3.63) is 28.5 Å². The number of carbonyl (C=O) groups excluding carboxylic acids is 1. The number of amides is 1. The van der Waals surface area contributed by atoms with Crippen LogP contribution >= 0.6 is 15.9 Å². The molecule has 5 nitrogen and oxygen atoms in total. The lowest BCUT2D eigenvalue weighted by molar-refractivity contribution is 0.0982. The highest BCUT2D eigenvalue weighted by Crippen LogP contribution is 2.37. The molecule has 0 saturated heterocycles. The molecule has 0 radical (unpaired) electrons. The molecule has 1 saturated carbocycles. The number of rotatable bonds is 3. The van der Waals surface area contributed by atoms with Crippen LogP contribution in [-0.2, 0) is 4.74 Å². The van der Waals surface area contributed by atoms with Crippen molar-refractivity contribution in [2.45, 2.75) is 51.2 Å². The van der Waals surface area contributed by atoms with E-state index in [1.807, 2.05) is 26.2 Å². The zero-order valence-electron chi connectivity index (χ0n) is 12.7. The minimum absolute atomic E-state index is 0.00545. The first kappa shape index (κ1) is 15.3. The zero-order valence-corrected chi connectivity index (χ0v) is 14.3. The molecule has 2 aromatic heterocycles. The Kier molecular flexibility index (Phi) is 4.38. The number of hydrogen-bond donors (Lipinski definition) is 2. The third-order valence-electron chi connectivity index (χ3n) is 4.04. The van der Waals surface area contributed by atoms with E-state index in [1.165, 1.54) is 5.56 Å². The van der Waals surface area contributed by atoms with Crippen LogP contribution < -0.4 is 5.32 Å². The number of alkyl carbamates (subject to hydrolysis) is 1. The summed E-state index contributed by atoms with van der Waals surface area (Å²) in [5.41, 5.74) is 2.10. The van der Waals surface area contributed by atoms with Crippen LogP contribution in [0, 0.1) is 0 Å². The van der Waals surface area contributed by atoms with Gasteiger partial charge in [0.15, 0.2) is 0 Å². The number of halogens is 1. The van der Waals surface area contributed by atoms with Gasteiger partial charge in [-0.2, -0.15) is 0 Å². The molecule has 1 aliphatic rings. The van der Waals surface area contributed by atoms with E-state index in [9.17, 15) is 4.79 Å². The van der Waals surface area contributed by atoms with Gasteiger partial charge < -0.3 is 15.0 Å². The predicted octanol–water partition coefficient (Wildman–Crippen LogP) is 4.10. The number of pyridine rings is 1. The minimum atomic E-state index is -0.317. The molecule has 3 rings (SSSR count). The van der Waals surface area contributed by atoms with Gasteiger partial charge >= 0.3 is 6.09 Å². The number of nitrogens with zero attached hydrogens (tertiary/aromatic N) is 1. The number of H-pyrrole nitrogens is 1. The standard InChI is InChI=1S/C16H20BrN3O2/c1-9(2)20-16(21)22-12-4-3-10(5-12)11-6-13-14(17)8-19-15(13)18-7-11/h6-10,12H,3-5H2,1-2H3,(H,18,19)(H,20,21). The lowest BCUT2D eigenvalue weighted by atomic mass is 9.99. The summed E-state index contributed by atoms with van der Waals surface area (Å²) in [6.45, 7) is 3.85. The Morgan fingerprint density at radius 2 is 2.32 bits per heavy atom. The van der Waals surface area contributed by atoms with Gasteiger partial charge in [0, 0.05) is 28.3 Å². The van der Waals surface area contributed by atoms with Crippen LogP contribution in [-0.4, -0.2) is 28.2 Å². The Morgan fingerprint density at radius 1 is 1.50 bits per heavy atom. The largest absolute Gasteiger partial charge is 0.446 e. The van der Waals surface area contributed by atoms with Gasteiger partial charge in [0.1, 0.15) is 11.8 Å². The second kappa shape index (κ2) is 6.28. The first-order valence-electron chi connectivity index (χ1n) is 7.62. The fourth-order valence-electron chi connectivity index (χ4n) is 2.98. The molecule has 0 aromatic carbocycles. The van der Waals surface area contributed by atoms with E-state index in [-0.39, 0.29) is 18.2 Å². The molecule has 2 atom stereocenters. The summed E-state index contributed by atoms with van der Waals surface area (Å²) < 4.78 is 6.51. The van der Waals surface area contributed by atoms with Crippen LogP contribution in [0.2, 0.25) is 0 Å². The quantitative estimate of drug-likeness (QED) is 0.860. The third-order valence-corrected chi connectivity index (χ3v) is 4.69. The van der Waals surface area contributed by atoms with Gasteiger partial charge in [-0.15, -0.1) is 0 Å². The summed E-state index contributed by atoms with van der Waals surface area (Å²) in [5, 5.41) is 3.87. The highest BCUT2D eigenvalue weighted by molar-refractivity contribution is 9.10. The Morgan fingerprint density at radius 3 is 3.09 bits per heavy atom. The van der Waals surface area contributed by atoms with Crippen molar-refractivity contribution in [3.63, 3.8) is 0 Å². The van der Waals surface area contributed by atoms with Gasteiger partial charge in [-0.25, -0.2) is 9.78 Å². The van der Waals surface area contributed by atoms with Crippen molar-refractivity contribution in [2.75, 3.05) is 0 Å². The molecule has 6 heteroatoms. The van der Waals surface area contributed by atoms with E-state index in [4.69, 9.17) is 4.74 Å². The topological polar surface area (TPSA) is 67.0 Å². The van der Waals surface area contributed by atoms with Crippen LogP contribution in [0.25, 0.3) is 11.0 Å². The first-order chi connectivity index (χ1) is 10.5. The number of hydrogen-bond acceptors (Lipinski definition) is 3. The van der Waals surface area contributed by atoms with Crippen molar-refractivity contribution in [1.29, 1.82) is 0 Å². The highest BCUT2D eigenvalue weighted by Gasteiger charge is 2.29. The van der Waals surface area contributed by atoms with E-state index < -0.39 is 0 Å². The third kappa shape index (κ3) is 3.27. The number of aromatic amines is 1. The molecule has 1 fully saturated rings. The van der Waals surface area contributed by atoms with Gasteiger partial charge in [0.25, 0.3) is 0 Å². The smallest absolute Gasteiger partial charge is 0.407 e. The van der Waals surface area contributed by atoms with Crippen LogP contribution in [0.3, 0.4) is 0 Å². The van der Waals surface area contributed by atoms with Gasteiger partial charge in [-0.05, 0) is 66.6 Å². The van der Waals surface area contributed by atoms with E-state index in [0.29, 0.717) is 5.92 Å². The molecule has 2 unspecified atom stereocenters. The molecule has 0 bridgehead atoms. The Balaban J connectivity index is 1.66.